The third-order valence-electron chi connectivity index (χ3n) is 6.38. The van der Waals surface area contributed by atoms with Crippen molar-refractivity contribution in [2.75, 3.05) is 26.7 Å². The summed E-state index contributed by atoms with van der Waals surface area (Å²) in [6.07, 6.45) is 1.57. The minimum Gasteiger partial charge on any atom is -0.492 e. The highest BCUT2D eigenvalue weighted by molar-refractivity contribution is 6.09. The molecule has 0 aliphatic carbocycles. The maximum Gasteiger partial charge on any atom is 0.255 e. The first kappa shape index (κ1) is 23.8. The molecule has 2 aromatic carbocycles. The summed E-state index contributed by atoms with van der Waals surface area (Å²) in [5, 5.41) is 6.35. The first-order valence-electron chi connectivity index (χ1n) is 11.9. The number of imidazole rings is 1. The van der Waals surface area contributed by atoms with Crippen LogP contribution in [0.1, 0.15) is 64.8 Å². The third-order valence-corrected chi connectivity index (χ3v) is 6.38. The number of carbonyl (C=O) groups is 2. The maximum atomic E-state index is 13.5. The number of hydrogen-bond donors (Lipinski definition) is 2. The van der Waals surface area contributed by atoms with Crippen LogP contribution in [0, 0.1) is 0 Å². The van der Waals surface area contributed by atoms with Gasteiger partial charge in [0.15, 0.2) is 0 Å². The monoisotopic (exact) mass is 463 g/mol. The number of aryl methyl sites for hydroxylation is 1. The summed E-state index contributed by atoms with van der Waals surface area (Å²) >= 11 is 0. The molecule has 0 radical (unpaired) electrons. The van der Waals surface area contributed by atoms with Crippen LogP contribution in [0.4, 0.5) is 0 Å². The molecule has 1 aliphatic heterocycles. The second-order valence-corrected chi connectivity index (χ2v) is 8.52. The summed E-state index contributed by atoms with van der Waals surface area (Å²) in [5.41, 5.74) is 3.56. The lowest BCUT2D eigenvalue weighted by molar-refractivity contribution is 0.0780. The topological polar surface area (TPSA) is 88.5 Å². The molecule has 8 nitrogen and oxygen atoms in total. The fraction of sp³-hybridized carbons (Fsp3) is 0.423. The van der Waals surface area contributed by atoms with Crippen LogP contribution in [-0.2, 0) is 13.6 Å². The molecule has 2 amide bonds. The zero-order chi connectivity index (χ0) is 24.2. The summed E-state index contributed by atoms with van der Waals surface area (Å²) in [6.45, 7) is 6.43. The van der Waals surface area contributed by atoms with Crippen LogP contribution in [0.2, 0.25) is 0 Å². The highest BCUT2D eigenvalue weighted by Gasteiger charge is 2.32. The van der Waals surface area contributed by atoms with Gasteiger partial charge in [0.25, 0.3) is 11.8 Å². The molecule has 4 rings (SSSR count). The molecule has 0 spiro atoms. The van der Waals surface area contributed by atoms with E-state index in [1.54, 1.807) is 11.0 Å². The Morgan fingerprint density at radius 2 is 2.00 bits per heavy atom. The van der Waals surface area contributed by atoms with Gasteiger partial charge in [-0.15, -0.1) is 0 Å². The van der Waals surface area contributed by atoms with Crippen LogP contribution in [-0.4, -0.2) is 53.0 Å². The summed E-state index contributed by atoms with van der Waals surface area (Å²) in [4.78, 5) is 33.0. The lowest BCUT2D eigenvalue weighted by Crippen LogP contribution is -2.32. The Labute approximate surface area is 200 Å². The van der Waals surface area contributed by atoms with E-state index in [-0.39, 0.29) is 17.9 Å². The van der Waals surface area contributed by atoms with Crippen LogP contribution in [0.5, 0.6) is 5.75 Å². The van der Waals surface area contributed by atoms with Crippen molar-refractivity contribution in [1.82, 2.24) is 25.1 Å². The minimum absolute atomic E-state index is 0.0842. The van der Waals surface area contributed by atoms with Crippen LogP contribution < -0.4 is 15.4 Å². The van der Waals surface area contributed by atoms with Gasteiger partial charge < -0.3 is 24.8 Å². The normalized spacial score (nSPS) is 13.9. The van der Waals surface area contributed by atoms with Gasteiger partial charge in [-0.05, 0) is 64.0 Å². The Hall–Kier alpha value is -3.39. The van der Waals surface area contributed by atoms with Crippen LogP contribution in [0.15, 0.2) is 36.4 Å². The molecule has 0 fully saturated rings. The largest absolute Gasteiger partial charge is 0.492 e. The number of para-hydroxylation sites is 1. The number of aromatic nitrogens is 2. The molecule has 1 aromatic heterocycles. The van der Waals surface area contributed by atoms with Crippen molar-refractivity contribution >= 4 is 22.8 Å². The number of amides is 2. The number of nitrogens with zero attached hydrogens (tertiary/aromatic N) is 3. The van der Waals surface area contributed by atoms with E-state index in [0.717, 1.165) is 41.1 Å². The van der Waals surface area contributed by atoms with Crippen molar-refractivity contribution in [3.8, 4) is 5.75 Å². The molecule has 0 saturated carbocycles. The number of rotatable bonds is 10. The van der Waals surface area contributed by atoms with Gasteiger partial charge in [0.1, 0.15) is 17.1 Å². The lowest BCUT2D eigenvalue weighted by atomic mass is 10.0. The van der Waals surface area contributed by atoms with Crippen molar-refractivity contribution in [3.05, 3.63) is 58.9 Å². The molecule has 180 valence electrons. The van der Waals surface area contributed by atoms with E-state index < -0.39 is 0 Å². The zero-order valence-electron chi connectivity index (χ0n) is 20.4. The summed E-state index contributed by atoms with van der Waals surface area (Å²) in [5.74, 6) is 1.16. The highest BCUT2D eigenvalue weighted by Crippen LogP contribution is 2.30. The fourth-order valence-corrected chi connectivity index (χ4v) is 4.64. The molecule has 8 heteroatoms. The molecule has 2 heterocycles. The standard InChI is InChI=1S/C26H33N5O3/c1-5-31-16-17-10-7-11-18(22(17)26(31)33)25(32)28-19(12-9-15-27-3)24-29-23-20(30(24)4)13-8-14-21(23)34-6-2/h7-8,10-11,13-14,19,27H,5-6,9,12,15-16H2,1-4H3,(H,28,32). The third kappa shape index (κ3) is 4.37. The first-order chi connectivity index (χ1) is 16.5. The van der Waals surface area contributed by atoms with Gasteiger partial charge in [0, 0.05) is 20.1 Å². The number of nitrogens with one attached hydrogen (secondary N) is 2. The van der Waals surface area contributed by atoms with E-state index in [0.29, 0.717) is 37.2 Å². The van der Waals surface area contributed by atoms with E-state index in [2.05, 4.69) is 10.6 Å². The van der Waals surface area contributed by atoms with Gasteiger partial charge in [-0.25, -0.2) is 4.98 Å². The van der Waals surface area contributed by atoms with Crippen molar-refractivity contribution < 1.29 is 14.3 Å². The molecule has 34 heavy (non-hydrogen) atoms. The Balaban J connectivity index is 1.69. The van der Waals surface area contributed by atoms with Crippen molar-refractivity contribution in [2.24, 2.45) is 7.05 Å². The second-order valence-electron chi connectivity index (χ2n) is 8.52. The van der Waals surface area contributed by atoms with E-state index in [9.17, 15) is 9.59 Å². The Morgan fingerprint density at radius 3 is 2.74 bits per heavy atom. The van der Waals surface area contributed by atoms with E-state index in [4.69, 9.17) is 9.72 Å². The van der Waals surface area contributed by atoms with Crippen molar-refractivity contribution in [2.45, 2.75) is 39.3 Å². The number of hydrogen-bond acceptors (Lipinski definition) is 5. The molecule has 2 N–H and O–H groups in total. The molecule has 0 saturated heterocycles. The average Bonchev–Trinajstić information content (AvgIpc) is 3.36. The summed E-state index contributed by atoms with van der Waals surface area (Å²) in [7, 11) is 3.87. The fourth-order valence-electron chi connectivity index (χ4n) is 4.64. The zero-order valence-corrected chi connectivity index (χ0v) is 20.4. The predicted molar refractivity (Wildman–Crippen MR) is 132 cm³/mol. The van der Waals surface area contributed by atoms with Gasteiger partial charge >= 0.3 is 0 Å². The van der Waals surface area contributed by atoms with Gasteiger partial charge in [-0.3, -0.25) is 9.59 Å². The maximum absolute atomic E-state index is 13.5. The molecular formula is C26H33N5O3. The number of benzene rings is 2. The van der Waals surface area contributed by atoms with E-state index >= 15 is 0 Å². The average molecular weight is 464 g/mol. The number of ether oxygens (including phenoxy) is 1. The SMILES string of the molecule is CCOc1cccc2c1nc(C(CCCNC)NC(=O)c1cccc3c1C(=O)N(CC)C3)n2C. The molecule has 0 bridgehead atoms. The molecule has 1 atom stereocenters. The Bertz CT molecular complexity index is 1200. The van der Waals surface area contributed by atoms with Gasteiger partial charge in [-0.2, -0.15) is 0 Å². The molecule has 1 aliphatic rings. The van der Waals surface area contributed by atoms with Crippen LogP contribution in [0.25, 0.3) is 11.0 Å². The first-order valence-corrected chi connectivity index (χ1v) is 11.9. The van der Waals surface area contributed by atoms with E-state index in [1.807, 2.05) is 62.8 Å². The Kier molecular flexibility index (Phi) is 7.17. The van der Waals surface area contributed by atoms with Crippen LogP contribution >= 0.6 is 0 Å². The van der Waals surface area contributed by atoms with Crippen molar-refractivity contribution in [3.63, 3.8) is 0 Å². The van der Waals surface area contributed by atoms with Gasteiger partial charge in [0.05, 0.1) is 29.3 Å². The molecular weight excluding hydrogens is 430 g/mol. The van der Waals surface area contributed by atoms with Gasteiger partial charge in [-0.1, -0.05) is 18.2 Å². The lowest BCUT2D eigenvalue weighted by Gasteiger charge is -2.19. The Morgan fingerprint density at radius 1 is 1.21 bits per heavy atom. The summed E-state index contributed by atoms with van der Waals surface area (Å²) in [6, 6.07) is 11.1. The van der Waals surface area contributed by atoms with E-state index in [1.165, 1.54) is 0 Å². The quantitative estimate of drug-likeness (QED) is 0.450. The smallest absolute Gasteiger partial charge is 0.255 e. The number of fused-ring (bicyclic) bond motifs is 2. The minimum atomic E-state index is -0.317. The van der Waals surface area contributed by atoms with Gasteiger partial charge in [0.2, 0.25) is 0 Å². The predicted octanol–water partition coefficient (Wildman–Crippen LogP) is 3.42. The molecule has 3 aromatic rings. The summed E-state index contributed by atoms with van der Waals surface area (Å²) < 4.78 is 7.80. The molecule has 1 unspecified atom stereocenters. The van der Waals surface area contributed by atoms with Crippen LogP contribution in [0.3, 0.4) is 0 Å². The second kappa shape index (κ2) is 10.3. The highest BCUT2D eigenvalue weighted by atomic mass is 16.5. The van der Waals surface area contributed by atoms with Crippen molar-refractivity contribution in [1.29, 1.82) is 0 Å². The number of carbonyl (C=O) groups excluding carboxylic acids is 2.